The Morgan fingerprint density at radius 1 is 1.00 bits per heavy atom. The molecule has 0 spiro atoms. The molecule has 2 aromatic carbocycles. The van der Waals surface area contributed by atoms with Crippen LogP contribution in [0.5, 0.6) is 5.75 Å². The minimum Gasteiger partial charge on any atom is -0.493 e. The Kier molecular flexibility index (Phi) is 6.73. The van der Waals surface area contributed by atoms with E-state index in [0.29, 0.717) is 13.2 Å². The number of anilines is 1. The van der Waals surface area contributed by atoms with Crippen molar-refractivity contribution in [2.45, 2.75) is 64.4 Å². The maximum Gasteiger partial charge on any atom is 0.256 e. The number of hydrogen-bond donors (Lipinski definition) is 1. The van der Waals surface area contributed by atoms with Gasteiger partial charge in [-0.2, -0.15) is 0 Å². The maximum absolute atomic E-state index is 13.1. The second-order valence-electron chi connectivity index (χ2n) is 7.36. The van der Waals surface area contributed by atoms with Gasteiger partial charge in [-0.15, -0.1) is 0 Å². The monoisotopic (exact) mass is 369 g/mol. The highest BCUT2D eigenvalue weighted by Gasteiger charge is 2.42. The van der Waals surface area contributed by atoms with E-state index in [-0.39, 0.29) is 5.91 Å². The van der Waals surface area contributed by atoms with Crippen LogP contribution in [0.2, 0.25) is 0 Å². The molecule has 4 heteroatoms. The first-order chi connectivity index (χ1) is 13.2. The van der Waals surface area contributed by atoms with Crippen LogP contribution in [0.3, 0.4) is 0 Å². The molecule has 1 amide bonds. The number of amides is 1. The van der Waals surface area contributed by atoms with Crippen molar-refractivity contribution in [3.63, 3.8) is 0 Å². The van der Waals surface area contributed by atoms with Crippen LogP contribution in [0.4, 0.5) is 5.69 Å². The molecule has 0 aliphatic heterocycles. The summed E-state index contributed by atoms with van der Waals surface area (Å²) in [5.41, 5.74) is 0.151. The van der Waals surface area contributed by atoms with E-state index in [1.807, 2.05) is 36.4 Å². The molecule has 0 saturated heterocycles. The van der Waals surface area contributed by atoms with E-state index in [2.05, 4.69) is 19.2 Å². The van der Waals surface area contributed by atoms with Gasteiger partial charge in [0.05, 0.1) is 6.61 Å². The fourth-order valence-corrected chi connectivity index (χ4v) is 3.75. The van der Waals surface area contributed by atoms with Crippen LogP contribution in [0.15, 0.2) is 36.4 Å². The molecule has 2 aromatic rings. The van der Waals surface area contributed by atoms with Crippen molar-refractivity contribution in [1.82, 2.24) is 0 Å². The van der Waals surface area contributed by atoms with Crippen LogP contribution >= 0.6 is 0 Å². The van der Waals surface area contributed by atoms with Crippen molar-refractivity contribution < 1.29 is 14.3 Å². The second kappa shape index (κ2) is 9.23. The largest absolute Gasteiger partial charge is 0.493 e. The van der Waals surface area contributed by atoms with Gasteiger partial charge < -0.3 is 14.8 Å². The highest BCUT2D eigenvalue weighted by Crippen LogP contribution is 2.37. The normalized spacial score (nSPS) is 15.8. The zero-order valence-electron chi connectivity index (χ0n) is 16.6. The molecule has 3 rings (SSSR count). The molecule has 0 atom stereocenters. The summed E-state index contributed by atoms with van der Waals surface area (Å²) in [6, 6.07) is 12.0. The molecule has 0 unspecified atom stereocenters. The molecule has 27 heavy (non-hydrogen) atoms. The van der Waals surface area contributed by atoms with Crippen LogP contribution in [0.25, 0.3) is 10.8 Å². The van der Waals surface area contributed by atoms with E-state index in [4.69, 9.17) is 9.47 Å². The summed E-state index contributed by atoms with van der Waals surface area (Å²) in [4.78, 5) is 13.1. The Labute approximate surface area is 162 Å². The van der Waals surface area contributed by atoms with Gasteiger partial charge in [-0.05, 0) is 50.7 Å². The molecule has 1 aliphatic carbocycles. The van der Waals surface area contributed by atoms with Gasteiger partial charge in [0.15, 0.2) is 0 Å². The first kappa shape index (κ1) is 19.7. The lowest BCUT2D eigenvalue weighted by Gasteiger charge is -2.28. The number of ether oxygens (including phenoxy) is 2. The number of carbonyl (C=O) groups is 1. The lowest BCUT2D eigenvalue weighted by molar-refractivity contribution is -0.140. The molecule has 0 radical (unpaired) electrons. The maximum atomic E-state index is 13.1. The summed E-state index contributed by atoms with van der Waals surface area (Å²) >= 11 is 0. The van der Waals surface area contributed by atoms with Crippen LogP contribution in [0, 0.1) is 0 Å². The quantitative estimate of drug-likeness (QED) is 0.577. The van der Waals surface area contributed by atoms with Crippen molar-refractivity contribution in [2.75, 3.05) is 18.5 Å². The van der Waals surface area contributed by atoms with Gasteiger partial charge in [0.1, 0.15) is 11.4 Å². The van der Waals surface area contributed by atoms with Gasteiger partial charge in [0.25, 0.3) is 5.91 Å². The molecule has 0 bridgehead atoms. The standard InChI is InChI=1S/C23H31NO3/c1-3-5-17-26-21-13-12-20(18-10-6-7-11-19(18)21)24-22(25)23(27-16-4-2)14-8-9-15-23/h6-7,10-13H,3-5,8-9,14-17H2,1-2H3,(H,24,25). The summed E-state index contributed by atoms with van der Waals surface area (Å²) in [6.07, 6.45) is 6.74. The fraction of sp³-hybridized carbons (Fsp3) is 0.522. The average molecular weight is 370 g/mol. The van der Waals surface area contributed by atoms with Gasteiger partial charge in [-0.1, -0.05) is 44.5 Å². The number of fused-ring (bicyclic) bond motifs is 1. The van der Waals surface area contributed by atoms with E-state index in [9.17, 15) is 4.79 Å². The van der Waals surface area contributed by atoms with Gasteiger partial charge in [0, 0.05) is 23.1 Å². The summed E-state index contributed by atoms with van der Waals surface area (Å²) in [5, 5.41) is 5.18. The molecule has 0 heterocycles. The lowest BCUT2D eigenvalue weighted by atomic mass is 10.00. The lowest BCUT2D eigenvalue weighted by Crippen LogP contribution is -2.43. The molecule has 0 aromatic heterocycles. The van der Waals surface area contributed by atoms with Crippen molar-refractivity contribution in [2.24, 2.45) is 0 Å². The number of hydrogen-bond acceptors (Lipinski definition) is 3. The van der Waals surface area contributed by atoms with Crippen molar-refractivity contribution in [1.29, 1.82) is 0 Å². The molecular formula is C23H31NO3. The number of benzene rings is 2. The topological polar surface area (TPSA) is 47.6 Å². The summed E-state index contributed by atoms with van der Waals surface area (Å²) < 4.78 is 12.0. The van der Waals surface area contributed by atoms with E-state index < -0.39 is 5.60 Å². The van der Waals surface area contributed by atoms with E-state index in [0.717, 1.165) is 67.2 Å². The minimum atomic E-state index is -0.673. The van der Waals surface area contributed by atoms with Crippen LogP contribution in [0.1, 0.15) is 58.8 Å². The Morgan fingerprint density at radius 3 is 2.44 bits per heavy atom. The first-order valence-corrected chi connectivity index (χ1v) is 10.3. The van der Waals surface area contributed by atoms with Crippen LogP contribution in [-0.4, -0.2) is 24.7 Å². The highest BCUT2D eigenvalue weighted by atomic mass is 16.5. The zero-order valence-corrected chi connectivity index (χ0v) is 16.6. The highest BCUT2D eigenvalue weighted by molar-refractivity contribution is 6.06. The Morgan fingerprint density at radius 2 is 1.74 bits per heavy atom. The number of nitrogens with one attached hydrogen (secondary N) is 1. The Balaban J connectivity index is 1.84. The first-order valence-electron chi connectivity index (χ1n) is 10.3. The third kappa shape index (κ3) is 4.44. The predicted molar refractivity (Wildman–Crippen MR) is 110 cm³/mol. The molecule has 1 aliphatic rings. The smallest absolute Gasteiger partial charge is 0.256 e. The number of unbranched alkanes of at least 4 members (excludes halogenated alkanes) is 1. The molecule has 1 saturated carbocycles. The minimum absolute atomic E-state index is 0.0155. The van der Waals surface area contributed by atoms with Crippen molar-refractivity contribution >= 4 is 22.4 Å². The molecule has 146 valence electrons. The molecule has 4 nitrogen and oxygen atoms in total. The van der Waals surface area contributed by atoms with E-state index >= 15 is 0 Å². The second-order valence-corrected chi connectivity index (χ2v) is 7.36. The van der Waals surface area contributed by atoms with Crippen molar-refractivity contribution in [3.05, 3.63) is 36.4 Å². The van der Waals surface area contributed by atoms with E-state index in [1.54, 1.807) is 0 Å². The zero-order chi connectivity index (χ0) is 19.1. The number of rotatable bonds is 9. The van der Waals surface area contributed by atoms with Gasteiger partial charge in [-0.25, -0.2) is 0 Å². The van der Waals surface area contributed by atoms with Crippen molar-refractivity contribution in [3.8, 4) is 5.75 Å². The summed E-state index contributed by atoms with van der Waals surface area (Å²) in [5.74, 6) is 0.855. The summed E-state index contributed by atoms with van der Waals surface area (Å²) in [6.45, 7) is 5.56. The summed E-state index contributed by atoms with van der Waals surface area (Å²) in [7, 11) is 0. The van der Waals surface area contributed by atoms with Gasteiger partial charge in [0.2, 0.25) is 0 Å². The molecule has 1 fully saturated rings. The van der Waals surface area contributed by atoms with Gasteiger partial charge >= 0.3 is 0 Å². The van der Waals surface area contributed by atoms with Gasteiger partial charge in [-0.3, -0.25) is 4.79 Å². The Bertz CT molecular complexity index is 765. The number of carbonyl (C=O) groups excluding carboxylic acids is 1. The molecule has 1 N–H and O–H groups in total. The average Bonchev–Trinajstić information content (AvgIpc) is 3.18. The van der Waals surface area contributed by atoms with Crippen LogP contribution < -0.4 is 10.1 Å². The van der Waals surface area contributed by atoms with E-state index in [1.165, 1.54) is 0 Å². The Hall–Kier alpha value is -2.07. The third-order valence-electron chi connectivity index (χ3n) is 5.30. The molecular weight excluding hydrogens is 338 g/mol. The fourth-order valence-electron chi connectivity index (χ4n) is 3.75. The third-order valence-corrected chi connectivity index (χ3v) is 5.30. The SMILES string of the molecule is CCCCOc1ccc(NC(=O)C2(OCCC)CCCC2)c2ccccc12. The predicted octanol–water partition coefficient (Wildman–Crippen LogP) is 5.70. The van der Waals surface area contributed by atoms with Crippen LogP contribution in [-0.2, 0) is 9.53 Å².